The second-order valence-electron chi connectivity index (χ2n) is 5.62. The van der Waals surface area contributed by atoms with Crippen LogP contribution in [0, 0.1) is 11.3 Å². The van der Waals surface area contributed by atoms with Crippen molar-refractivity contribution in [3.63, 3.8) is 0 Å². The van der Waals surface area contributed by atoms with E-state index < -0.39 is 5.97 Å². The fraction of sp³-hybridized carbons (Fsp3) is 0.0952. The molecule has 0 saturated heterocycles. The maximum Gasteiger partial charge on any atom is 0.338 e. The summed E-state index contributed by atoms with van der Waals surface area (Å²) in [7, 11) is 1.60. The number of benzene rings is 3. The van der Waals surface area contributed by atoms with Gasteiger partial charge >= 0.3 is 5.97 Å². The number of rotatable bonds is 5. The van der Waals surface area contributed by atoms with E-state index in [1.165, 1.54) is 24.3 Å². The second-order valence-corrected chi connectivity index (χ2v) is 5.62. The van der Waals surface area contributed by atoms with E-state index in [0.29, 0.717) is 16.7 Å². The highest BCUT2D eigenvalue weighted by Crippen LogP contribution is 2.22. The lowest BCUT2D eigenvalue weighted by Gasteiger charge is -2.07. The zero-order valence-electron chi connectivity index (χ0n) is 14.1. The Hall–Kier alpha value is -3.65. The van der Waals surface area contributed by atoms with Crippen LogP contribution < -0.4 is 4.74 Å². The molecule has 3 rings (SSSR count). The molecule has 0 heterocycles. The van der Waals surface area contributed by atoms with Crippen LogP contribution in [0.1, 0.15) is 26.3 Å². The maximum absolute atomic E-state index is 12.3. The van der Waals surface area contributed by atoms with Crippen molar-refractivity contribution in [3.05, 3.63) is 77.4 Å². The Kier molecular flexibility index (Phi) is 4.95. The van der Waals surface area contributed by atoms with Crippen LogP contribution >= 0.6 is 0 Å². The number of ketones is 1. The number of carbonyl (C=O) groups excluding carboxylic acids is 2. The van der Waals surface area contributed by atoms with Crippen LogP contribution in [0.15, 0.2) is 60.7 Å². The van der Waals surface area contributed by atoms with Gasteiger partial charge in [-0.05, 0) is 53.2 Å². The summed E-state index contributed by atoms with van der Waals surface area (Å²) in [6, 6.07) is 18.9. The highest BCUT2D eigenvalue weighted by Gasteiger charge is 2.12. The summed E-state index contributed by atoms with van der Waals surface area (Å²) >= 11 is 0. The third-order valence-corrected chi connectivity index (χ3v) is 3.95. The fourth-order valence-corrected chi connectivity index (χ4v) is 2.50. The molecule has 0 bridgehead atoms. The third-order valence-electron chi connectivity index (χ3n) is 3.95. The van der Waals surface area contributed by atoms with Crippen molar-refractivity contribution in [2.24, 2.45) is 0 Å². The fourth-order valence-electron chi connectivity index (χ4n) is 2.50. The van der Waals surface area contributed by atoms with Crippen LogP contribution in [0.4, 0.5) is 0 Å². The van der Waals surface area contributed by atoms with Crippen LogP contribution in [0.25, 0.3) is 10.8 Å². The van der Waals surface area contributed by atoms with Crippen LogP contribution in [0.2, 0.25) is 0 Å². The summed E-state index contributed by atoms with van der Waals surface area (Å²) in [4.78, 5) is 24.3. The van der Waals surface area contributed by atoms with E-state index in [2.05, 4.69) is 0 Å². The number of esters is 1. The molecular weight excluding hydrogens is 330 g/mol. The molecule has 0 atom stereocenters. The predicted octanol–water partition coefficient (Wildman–Crippen LogP) is 3.76. The zero-order chi connectivity index (χ0) is 18.5. The van der Waals surface area contributed by atoms with Gasteiger partial charge in [-0.3, -0.25) is 4.79 Å². The molecule has 0 saturated carbocycles. The molecule has 0 spiro atoms. The second kappa shape index (κ2) is 7.49. The molecule has 128 valence electrons. The minimum atomic E-state index is -0.603. The summed E-state index contributed by atoms with van der Waals surface area (Å²) in [5.41, 5.74) is 1.21. The zero-order valence-corrected chi connectivity index (χ0v) is 14.1. The van der Waals surface area contributed by atoms with Crippen molar-refractivity contribution < 1.29 is 19.1 Å². The van der Waals surface area contributed by atoms with E-state index >= 15 is 0 Å². The Balaban J connectivity index is 1.68. The van der Waals surface area contributed by atoms with Crippen molar-refractivity contribution in [1.82, 2.24) is 0 Å². The molecular formula is C21H15NO4. The van der Waals surface area contributed by atoms with Crippen molar-refractivity contribution in [3.8, 4) is 11.8 Å². The molecule has 3 aromatic carbocycles. The van der Waals surface area contributed by atoms with Crippen LogP contribution in [0.5, 0.6) is 5.75 Å². The van der Waals surface area contributed by atoms with Crippen molar-refractivity contribution in [2.45, 2.75) is 0 Å². The van der Waals surface area contributed by atoms with Gasteiger partial charge in [0.15, 0.2) is 12.4 Å². The highest BCUT2D eigenvalue weighted by atomic mass is 16.5. The summed E-state index contributed by atoms with van der Waals surface area (Å²) in [5.74, 6) is -0.147. The molecule has 0 amide bonds. The molecule has 0 aliphatic rings. The van der Waals surface area contributed by atoms with Gasteiger partial charge in [0.05, 0.1) is 24.3 Å². The Morgan fingerprint density at radius 2 is 1.58 bits per heavy atom. The van der Waals surface area contributed by atoms with Crippen molar-refractivity contribution in [1.29, 1.82) is 5.26 Å². The first kappa shape index (κ1) is 17.2. The van der Waals surface area contributed by atoms with Gasteiger partial charge in [0.25, 0.3) is 0 Å². The SMILES string of the molecule is COc1ccc2cc(C(=O)COC(=O)c3ccc(C#N)cc3)ccc2c1. The number of carbonyl (C=O) groups is 2. The van der Waals surface area contributed by atoms with Gasteiger partial charge in [-0.1, -0.05) is 18.2 Å². The van der Waals surface area contributed by atoms with Gasteiger partial charge < -0.3 is 9.47 Å². The van der Waals surface area contributed by atoms with Gasteiger partial charge in [-0.15, -0.1) is 0 Å². The molecule has 0 aliphatic heterocycles. The Bertz CT molecular complexity index is 1020. The summed E-state index contributed by atoms with van der Waals surface area (Å²) in [6.45, 7) is -0.347. The average molecular weight is 345 g/mol. The third kappa shape index (κ3) is 3.70. The molecule has 5 heteroatoms. The summed E-state index contributed by atoms with van der Waals surface area (Å²) in [6.07, 6.45) is 0. The first-order valence-electron chi connectivity index (χ1n) is 7.89. The monoisotopic (exact) mass is 345 g/mol. The Morgan fingerprint density at radius 3 is 2.27 bits per heavy atom. The largest absolute Gasteiger partial charge is 0.497 e. The number of hydrogen-bond acceptors (Lipinski definition) is 5. The lowest BCUT2D eigenvalue weighted by Crippen LogP contribution is -2.14. The molecule has 0 radical (unpaired) electrons. The van der Waals surface area contributed by atoms with E-state index in [4.69, 9.17) is 14.7 Å². The first-order chi connectivity index (χ1) is 12.6. The predicted molar refractivity (Wildman–Crippen MR) is 96.3 cm³/mol. The van der Waals surface area contributed by atoms with Gasteiger partial charge in [0.1, 0.15) is 5.75 Å². The number of nitrogens with zero attached hydrogens (tertiary/aromatic N) is 1. The van der Waals surface area contributed by atoms with Crippen LogP contribution in [-0.2, 0) is 4.74 Å². The molecule has 0 aromatic heterocycles. The van der Waals surface area contributed by atoms with Crippen LogP contribution in [-0.4, -0.2) is 25.5 Å². The molecule has 3 aromatic rings. The van der Waals surface area contributed by atoms with E-state index in [0.717, 1.165) is 16.5 Å². The average Bonchev–Trinajstić information content (AvgIpc) is 2.70. The maximum atomic E-state index is 12.3. The molecule has 26 heavy (non-hydrogen) atoms. The van der Waals surface area contributed by atoms with E-state index in [1.807, 2.05) is 30.3 Å². The molecule has 0 aliphatic carbocycles. The number of ether oxygens (including phenoxy) is 2. The van der Waals surface area contributed by atoms with E-state index in [1.54, 1.807) is 19.2 Å². The molecule has 0 unspecified atom stereocenters. The molecule has 5 nitrogen and oxygen atoms in total. The van der Waals surface area contributed by atoms with E-state index in [-0.39, 0.29) is 12.4 Å². The van der Waals surface area contributed by atoms with Gasteiger partial charge in [0, 0.05) is 5.56 Å². The quantitative estimate of drug-likeness (QED) is 0.520. The normalized spacial score (nSPS) is 10.2. The minimum Gasteiger partial charge on any atom is -0.497 e. The topological polar surface area (TPSA) is 76.4 Å². The Labute approximate surface area is 150 Å². The molecule has 0 N–H and O–H groups in total. The lowest BCUT2D eigenvalue weighted by atomic mass is 10.0. The lowest BCUT2D eigenvalue weighted by molar-refractivity contribution is 0.0475. The number of nitriles is 1. The smallest absolute Gasteiger partial charge is 0.338 e. The number of hydrogen-bond donors (Lipinski definition) is 0. The standard InChI is InChI=1S/C21H15NO4/c1-25-19-9-8-16-10-18(7-6-17(16)11-19)20(23)13-26-21(24)15-4-2-14(12-22)3-5-15/h2-11H,13H2,1H3. The number of methoxy groups -OCH3 is 1. The van der Waals surface area contributed by atoms with Crippen molar-refractivity contribution >= 4 is 22.5 Å². The van der Waals surface area contributed by atoms with Crippen LogP contribution in [0.3, 0.4) is 0 Å². The summed E-state index contributed by atoms with van der Waals surface area (Å²) < 4.78 is 10.3. The van der Waals surface area contributed by atoms with Gasteiger partial charge in [-0.25, -0.2) is 4.79 Å². The Morgan fingerprint density at radius 1 is 0.923 bits per heavy atom. The number of Topliss-reactive ketones (excluding diaryl/α,β-unsaturated/α-hetero) is 1. The number of fused-ring (bicyclic) bond motifs is 1. The summed E-state index contributed by atoms with van der Waals surface area (Å²) in [5, 5.41) is 10.6. The van der Waals surface area contributed by atoms with Crippen molar-refractivity contribution in [2.75, 3.05) is 13.7 Å². The highest BCUT2D eigenvalue weighted by molar-refractivity contribution is 6.02. The van der Waals surface area contributed by atoms with Gasteiger partial charge in [0.2, 0.25) is 0 Å². The minimum absolute atomic E-state index is 0.287. The first-order valence-corrected chi connectivity index (χ1v) is 7.89. The van der Waals surface area contributed by atoms with E-state index in [9.17, 15) is 9.59 Å². The van der Waals surface area contributed by atoms with Gasteiger partial charge in [-0.2, -0.15) is 5.26 Å². The molecule has 0 fully saturated rings.